The van der Waals surface area contributed by atoms with Crippen LogP contribution >= 0.6 is 0 Å². The van der Waals surface area contributed by atoms with E-state index in [4.69, 9.17) is 15.6 Å². The second kappa shape index (κ2) is 15.3. The first-order valence-corrected chi connectivity index (χ1v) is 10.8. The van der Waals surface area contributed by atoms with Crippen molar-refractivity contribution < 1.29 is 19.7 Å². The van der Waals surface area contributed by atoms with E-state index in [2.05, 4.69) is 0 Å². The summed E-state index contributed by atoms with van der Waals surface area (Å²) in [4.78, 5) is 10.9. The van der Waals surface area contributed by atoms with Crippen LogP contribution in [0.1, 0.15) is 69.4 Å². The molecule has 0 aliphatic rings. The monoisotopic (exact) mass is 419 g/mol. The zero-order chi connectivity index (χ0) is 24.0. The van der Waals surface area contributed by atoms with Gasteiger partial charge in [-0.3, -0.25) is 4.79 Å². The molecule has 0 aliphatic carbocycles. The molecule has 170 valence electrons. The van der Waals surface area contributed by atoms with Gasteiger partial charge in [-0.05, 0) is 74.1 Å². The fraction of sp³-hybridized carbons (Fsp3) is 0.480. The van der Waals surface area contributed by atoms with Crippen LogP contribution in [0.15, 0.2) is 24.3 Å². The zero-order valence-corrected chi connectivity index (χ0v) is 20.4. The van der Waals surface area contributed by atoms with Crippen LogP contribution in [0.25, 0.3) is 0 Å². The molecule has 0 saturated carbocycles. The molecule has 5 heteroatoms. The van der Waals surface area contributed by atoms with Gasteiger partial charge in [0.1, 0.15) is 23.3 Å². The van der Waals surface area contributed by atoms with Crippen molar-refractivity contribution in [1.82, 2.24) is 0 Å². The number of carboxylic acids is 1. The Bertz CT molecular complexity index is 739. The van der Waals surface area contributed by atoms with Crippen LogP contribution in [-0.2, 0) is 11.2 Å². The Labute approximate surface area is 182 Å². The highest BCUT2D eigenvalue weighted by Crippen LogP contribution is 2.33. The first-order valence-electron chi connectivity index (χ1n) is 10.8. The topological polar surface area (TPSA) is 92.8 Å². The summed E-state index contributed by atoms with van der Waals surface area (Å²) >= 11 is 0. The molecule has 4 N–H and O–H groups in total. The highest BCUT2D eigenvalue weighted by Gasteiger charge is 2.15. The molecule has 0 saturated heterocycles. The average Bonchev–Trinajstić information content (AvgIpc) is 2.73. The minimum absolute atomic E-state index is 0.272. The Balaban J connectivity index is 0. The van der Waals surface area contributed by atoms with Crippen LogP contribution in [0.2, 0.25) is 0 Å². The van der Waals surface area contributed by atoms with Gasteiger partial charge in [0, 0.05) is 0 Å². The highest BCUT2D eigenvalue weighted by atomic mass is 16.5. The normalized spacial score (nSPS) is 10.2. The molecule has 0 unspecified atom stereocenters. The van der Waals surface area contributed by atoms with E-state index < -0.39 is 12.0 Å². The summed E-state index contributed by atoms with van der Waals surface area (Å²) in [6.45, 7) is 19.5. The number of aryl methyl sites for hydroxylation is 4. The van der Waals surface area contributed by atoms with E-state index in [-0.39, 0.29) is 12.2 Å². The Hall–Kier alpha value is -2.53. The number of hydrogen-bond donors (Lipinski definition) is 3. The standard InChI is InChI=1S/C19H23NO4.3C2H6/c1-10-7-15(8-11(2)17(10)21)24-18-12(3)5-14(6-13(18)4)9-16(20)19(22)23;3*1-2/h5-8,16,21H,9,20H2,1-4H3,(H,22,23);3*1-2H3/t16-;;;/m1.../s1. The molecule has 5 nitrogen and oxygen atoms in total. The molecule has 0 aromatic heterocycles. The van der Waals surface area contributed by atoms with E-state index in [0.717, 1.165) is 33.6 Å². The minimum Gasteiger partial charge on any atom is -0.507 e. The first-order chi connectivity index (χ1) is 14.2. The molecule has 0 spiro atoms. The molecule has 2 aromatic rings. The van der Waals surface area contributed by atoms with E-state index in [1.54, 1.807) is 12.1 Å². The summed E-state index contributed by atoms with van der Waals surface area (Å²) in [5.41, 5.74) is 9.79. The average molecular weight is 420 g/mol. The smallest absolute Gasteiger partial charge is 0.320 e. The van der Waals surface area contributed by atoms with Crippen molar-refractivity contribution in [2.45, 2.75) is 81.7 Å². The molecular weight excluding hydrogens is 378 g/mol. The molecule has 2 aromatic carbocycles. The fourth-order valence-corrected chi connectivity index (χ4v) is 2.75. The lowest BCUT2D eigenvalue weighted by Gasteiger charge is -2.16. The van der Waals surface area contributed by atoms with Crippen LogP contribution in [0.3, 0.4) is 0 Å². The largest absolute Gasteiger partial charge is 0.507 e. The molecule has 0 fully saturated rings. The van der Waals surface area contributed by atoms with E-state index >= 15 is 0 Å². The number of aromatic hydroxyl groups is 1. The van der Waals surface area contributed by atoms with Crippen LogP contribution in [0.5, 0.6) is 17.2 Å². The van der Waals surface area contributed by atoms with Gasteiger partial charge < -0.3 is 20.7 Å². The van der Waals surface area contributed by atoms with Crippen molar-refractivity contribution in [2.24, 2.45) is 5.73 Å². The molecule has 0 radical (unpaired) electrons. The maximum atomic E-state index is 10.9. The molecule has 1 atom stereocenters. The van der Waals surface area contributed by atoms with Crippen LogP contribution in [0, 0.1) is 27.7 Å². The van der Waals surface area contributed by atoms with E-state index in [1.807, 2.05) is 81.4 Å². The van der Waals surface area contributed by atoms with Gasteiger partial charge in [-0.25, -0.2) is 0 Å². The summed E-state index contributed by atoms with van der Waals surface area (Å²) < 4.78 is 6.01. The summed E-state index contributed by atoms with van der Waals surface area (Å²) in [6.07, 6.45) is 0.273. The van der Waals surface area contributed by atoms with Gasteiger partial charge in [0.05, 0.1) is 0 Å². The summed E-state index contributed by atoms with van der Waals surface area (Å²) in [7, 11) is 0. The van der Waals surface area contributed by atoms with Crippen LogP contribution < -0.4 is 10.5 Å². The van der Waals surface area contributed by atoms with Crippen molar-refractivity contribution in [1.29, 1.82) is 0 Å². The van der Waals surface area contributed by atoms with Crippen molar-refractivity contribution in [3.63, 3.8) is 0 Å². The van der Waals surface area contributed by atoms with E-state index in [0.29, 0.717) is 5.75 Å². The minimum atomic E-state index is -1.01. The second-order valence-electron chi connectivity index (χ2n) is 6.22. The number of carbonyl (C=O) groups is 1. The summed E-state index contributed by atoms with van der Waals surface area (Å²) in [5.74, 6) is 0.644. The number of hydrogen-bond acceptors (Lipinski definition) is 4. The Morgan fingerprint density at radius 3 is 1.63 bits per heavy atom. The van der Waals surface area contributed by atoms with Gasteiger partial charge in [0.25, 0.3) is 0 Å². The van der Waals surface area contributed by atoms with Crippen molar-refractivity contribution in [2.75, 3.05) is 0 Å². The van der Waals surface area contributed by atoms with Gasteiger partial charge >= 0.3 is 5.97 Å². The van der Waals surface area contributed by atoms with Gasteiger partial charge in [-0.15, -0.1) is 0 Å². The number of phenols is 1. The van der Waals surface area contributed by atoms with Gasteiger partial charge in [-0.1, -0.05) is 53.7 Å². The predicted octanol–water partition coefficient (Wildman–Crippen LogP) is 6.45. The Kier molecular flexibility index (Phi) is 15.2. The quantitative estimate of drug-likeness (QED) is 0.518. The van der Waals surface area contributed by atoms with Crippen molar-refractivity contribution in [3.05, 3.63) is 52.1 Å². The Morgan fingerprint density at radius 2 is 1.27 bits per heavy atom. The number of nitrogens with two attached hydrogens (primary N) is 1. The van der Waals surface area contributed by atoms with Gasteiger partial charge in [0.2, 0.25) is 0 Å². The summed E-state index contributed by atoms with van der Waals surface area (Å²) in [6, 6.07) is 6.44. The number of benzene rings is 2. The SMILES string of the molecule is CC.CC.CC.Cc1cc(Oc2c(C)cc(C[C@@H](N)C(=O)O)cc2C)cc(C)c1O. The molecule has 2 rings (SSSR count). The number of ether oxygens (including phenoxy) is 1. The molecule has 30 heavy (non-hydrogen) atoms. The molecule has 0 heterocycles. The zero-order valence-electron chi connectivity index (χ0n) is 20.4. The van der Waals surface area contributed by atoms with Gasteiger partial charge in [0.15, 0.2) is 0 Å². The van der Waals surface area contributed by atoms with Crippen molar-refractivity contribution >= 4 is 5.97 Å². The van der Waals surface area contributed by atoms with Crippen LogP contribution in [-0.4, -0.2) is 22.2 Å². The lowest BCUT2D eigenvalue weighted by Crippen LogP contribution is -2.32. The number of aliphatic carboxylic acids is 1. The lowest BCUT2D eigenvalue weighted by molar-refractivity contribution is -0.138. The molecule has 0 amide bonds. The maximum Gasteiger partial charge on any atom is 0.320 e. The maximum absolute atomic E-state index is 10.9. The van der Waals surface area contributed by atoms with Crippen LogP contribution in [0.4, 0.5) is 0 Å². The van der Waals surface area contributed by atoms with E-state index in [1.165, 1.54) is 0 Å². The molecular formula is C25H41NO4. The number of phenolic OH excluding ortho intramolecular Hbond substituents is 1. The Morgan fingerprint density at radius 1 is 0.867 bits per heavy atom. The van der Waals surface area contributed by atoms with Crippen molar-refractivity contribution in [3.8, 4) is 17.2 Å². The molecule has 0 aliphatic heterocycles. The van der Waals surface area contributed by atoms with E-state index in [9.17, 15) is 9.90 Å². The predicted molar refractivity (Wildman–Crippen MR) is 127 cm³/mol. The summed E-state index contributed by atoms with van der Waals surface area (Å²) in [5, 5.41) is 18.8. The second-order valence-corrected chi connectivity index (χ2v) is 6.22. The number of rotatable bonds is 5. The third kappa shape index (κ3) is 8.87. The fourth-order valence-electron chi connectivity index (χ4n) is 2.75. The third-order valence-electron chi connectivity index (χ3n) is 3.98. The van der Waals surface area contributed by atoms with Gasteiger partial charge in [-0.2, -0.15) is 0 Å². The highest BCUT2D eigenvalue weighted by molar-refractivity contribution is 5.73. The third-order valence-corrected chi connectivity index (χ3v) is 3.98. The first kappa shape index (κ1) is 29.7. The number of carboxylic acid groups (broad SMARTS) is 1. The molecule has 0 bridgehead atoms. The lowest BCUT2D eigenvalue weighted by atomic mass is 10.0.